The monoisotopic (exact) mass is 251 g/mol. The lowest BCUT2D eigenvalue weighted by atomic mass is 10.0. The highest BCUT2D eigenvalue weighted by Crippen LogP contribution is 2.63. The van der Waals surface area contributed by atoms with Crippen molar-refractivity contribution >= 4 is 11.3 Å². The molecule has 1 nitrogen and oxygen atoms in total. The second-order valence-electron chi connectivity index (χ2n) is 6.42. The fraction of sp³-hybridized carbons (Fsp3) is 0.733. The molecule has 0 aliphatic heterocycles. The van der Waals surface area contributed by atoms with Gasteiger partial charge in [0.1, 0.15) is 0 Å². The fourth-order valence-corrected chi connectivity index (χ4v) is 3.73. The van der Waals surface area contributed by atoms with Crippen molar-refractivity contribution in [1.82, 2.24) is 5.32 Å². The van der Waals surface area contributed by atoms with E-state index in [0.29, 0.717) is 22.9 Å². The first kappa shape index (κ1) is 13.1. The van der Waals surface area contributed by atoms with Gasteiger partial charge in [-0.2, -0.15) is 0 Å². The summed E-state index contributed by atoms with van der Waals surface area (Å²) in [6.07, 6.45) is 1.15. The third-order valence-electron chi connectivity index (χ3n) is 4.90. The molecule has 1 aliphatic carbocycles. The molecule has 0 spiro atoms. The van der Waals surface area contributed by atoms with Gasteiger partial charge in [-0.05, 0) is 36.3 Å². The number of aryl methyl sites for hydroxylation is 1. The van der Waals surface area contributed by atoms with Gasteiger partial charge in [0.05, 0.1) is 0 Å². The van der Waals surface area contributed by atoms with E-state index in [9.17, 15) is 0 Å². The quantitative estimate of drug-likeness (QED) is 0.836. The van der Waals surface area contributed by atoms with Crippen LogP contribution in [0.1, 0.15) is 57.3 Å². The number of rotatable bonds is 4. The Bertz CT molecular complexity index is 389. The smallest absolute Gasteiger partial charge is 0.0388 e. The lowest BCUT2D eigenvalue weighted by molar-refractivity contribution is 0.457. The van der Waals surface area contributed by atoms with Gasteiger partial charge in [-0.1, -0.05) is 34.6 Å². The zero-order chi connectivity index (χ0) is 12.8. The van der Waals surface area contributed by atoms with Crippen LogP contribution in [-0.4, -0.2) is 6.04 Å². The second kappa shape index (κ2) is 4.10. The Labute approximate surface area is 110 Å². The summed E-state index contributed by atoms with van der Waals surface area (Å²) in [7, 11) is 0. The molecule has 0 amide bonds. The summed E-state index contributed by atoms with van der Waals surface area (Å²) in [4.78, 5) is 2.96. The van der Waals surface area contributed by atoms with E-state index in [-0.39, 0.29) is 0 Å². The minimum absolute atomic E-state index is 0.423. The molecule has 0 saturated heterocycles. The molecule has 1 aliphatic rings. The molecule has 1 aromatic heterocycles. The highest BCUT2D eigenvalue weighted by molar-refractivity contribution is 7.12. The van der Waals surface area contributed by atoms with Crippen LogP contribution in [0.4, 0.5) is 0 Å². The molecule has 1 unspecified atom stereocenters. The predicted molar refractivity (Wildman–Crippen MR) is 76.6 cm³/mol. The molecule has 96 valence electrons. The Hall–Kier alpha value is -0.340. The molecule has 1 N–H and O–H groups in total. The van der Waals surface area contributed by atoms with Crippen molar-refractivity contribution in [2.24, 2.45) is 10.8 Å². The van der Waals surface area contributed by atoms with Crippen LogP contribution in [0.15, 0.2) is 12.1 Å². The molecule has 2 heteroatoms. The van der Waals surface area contributed by atoms with Gasteiger partial charge in [0.2, 0.25) is 0 Å². The average molecular weight is 251 g/mol. The van der Waals surface area contributed by atoms with E-state index >= 15 is 0 Å². The van der Waals surface area contributed by atoms with Crippen molar-refractivity contribution in [1.29, 1.82) is 0 Å². The van der Waals surface area contributed by atoms with Crippen LogP contribution < -0.4 is 5.32 Å². The lowest BCUT2D eigenvalue weighted by Gasteiger charge is -2.13. The largest absolute Gasteiger partial charge is 0.306 e. The van der Waals surface area contributed by atoms with Crippen molar-refractivity contribution in [2.75, 3.05) is 0 Å². The molecule has 1 fully saturated rings. The molecule has 0 bridgehead atoms. The fourth-order valence-electron chi connectivity index (χ4n) is 2.76. The summed E-state index contributed by atoms with van der Waals surface area (Å²) in [5.41, 5.74) is 0.845. The standard InChI is InChI=1S/C15H25NS/c1-7-11-8-9-12(17-11)10(2)16-13-14(3,4)15(13,5)6/h8-10,13,16H,7H2,1-6H3. The molecule has 17 heavy (non-hydrogen) atoms. The number of nitrogens with one attached hydrogen (secondary N) is 1. The van der Waals surface area contributed by atoms with Crippen LogP contribution >= 0.6 is 11.3 Å². The van der Waals surface area contributed by atoms with Crippen LogP contribution in [0.25, 0.3) is 0 Å². The van der Waals surface area contributed by atoms with Crippen LogP contribution in [0.2, 0.25) is 0 Å². The van der Waals surface area contributed by atoms with E-state index in [2.05, 4.69) is 59.0 Å². The van der Waals surface area contributed by atoms with Gasteiger partial charge in [0.25, 0.3) is 0 Å². The van der Waals surface area contributed by atoms with E-state index < -0.39 is 0 Å². The van der Waals surface area contributed by atoms with Crippen molar-refractivity contribution in [3.63, 3.8) is 0 Å². The highest BCUT2D eigenvalue weighted by atomic mass is 32.1. The molecular formula is C15H25NS. The van der Waals surface area contributed by atoms with Crippen LogP contribution in [0.3, 0.4) is 0 Å². The maximum absolute atomic E-state index is 3.80. The van der Waals surface area contributed by atoms with Gasteiger partial charge >= 0.3 is 0 Å². The molecule has 0 radical (unpaired) electrons. The van der Waals surface area contributed by atoms with Crippen LogP contribution in [-0.2, 0) is 6.42 Å². The normalized spacial score (nSPS) is 23.6. The summed E-state index contributed by atoms with van der Waals surface area (Å²) >= 11 is 1.95. The SMILES string of the molecule is CCc1ccc(C(C)NC2C(C)(C)C2(C)C)s1. The highest BCUT2D eigenvalue weighted by Gasteiger charge is 2.64. The summed E-state index contributed by atoms with van der Waals surface area (Å²) in [5, 5.41) is 3.80. The first-order chi connectivity index (χ1) is 7.80. The van der Waals surface area contributed by atoms with Crippen molar-refractivity contribution in [3.8, 4) is 0 Å². The number of thiophene rings is 1. The molecule has 0 aromatic carbocycles. The Morgan fingerprint density at radius 3 is 2.24 bits per heavy atom. The van der Waals surface area contributed by atoms with E-state index in [1.807, 2.05) is 11.3 Å². The van der Waals surface area contributed by atoms with Crippen LogP contribution in [0.5, 0.6) is 0 Å². The Balaban J connectivity index is 2.01. The van der Waals surface area contributed by atoms with Gasteiger partial charge in [0.15, 0.2) is 0 Å². The Morgan fingerprint density at radius 2 is 1.82 bits per heavy atom. The third kappa shape index (κ3) is 2.06. The van der Waals surface area contributed by atoms with Crippen molar-refractivity contribution in [2.45, 2.75) is 60.0 Å². The Kier molecular flexibility index (Phi) is 3.16. The zero-order valence-corrected chi connectivity index (χ0v) is 12.7. The van der Waals surface area contributed by atoms with E-state index in [1.54, 1.807) is 0 Å². The van der Waals surface area contributed by atoms with E-state index in [4.69, 9.17) is 0 Å². The summed E-state index contributed by atoms with van der Waals surface area (Å²) in [6, 6.07) is 5.66. The predicted octanol–water partition coefficient (Wildman–Crippen LogP) is 4.40. The lowest BCUT2D eigenvalue weighted by Crippen LogP contribution is -2.25. The van der Waals surface area contributed by atoms with Gasteiger partial charge in [-0.25, -0.2) is 0 Å². The third-order valence-corrected chi connectivity index (χ3v) is 6.31. The van der Waals surface area contributed by atoms with Crippen molar-refractivity contribution in [3.05, 3.63) is 21.9 Å². The molecule has 1 saturated carbocycles. The maximum Gasteiger partial charge on any atom is 0.0388 e. The van der Waals surface area contributed by atoms with E-state index in [0.717, 1.165) is 6.42 Å². The second-order valence-corrected chi connectivity index (χ2v) is 7.62. The minimum atomic E-state index is 0.423. The molecule has 1 atom stereocenters. The number of hydrogen-bond acceptors (Lipinski definition) is 2. The molecule has 2 rings (SSSR count). The topological polar surface area (TPSA) is 12.0 Å². The van der Waals surface area contributed by atoms with Crippen molar-refractivity contribution < 1.29 is 0 Å². The summed E-state index contributed by atoms with van der Waals surface area (Å²) in [5.74, 6) is 0. The first-order valence-electron chi connectivity index (χ1n) is 6.65. The van der Waals surface area contributed by atoms with Gasteiger partial charge in [-0.15, -0.1) is 11.3 Å². The van der Waals surface area contributed by atoms with Gasteiger partial charge in [0, 0.05) is 21.8 Å². The molecule has 1 aromatic rings. The zero-order valence-electron chi connectivity index (χ0n) is 11.9. The molecular weight excluding hydrogens is 226 g/mol. The number of hydrogen-bond donors (Lipinski definition) is 1. The van der Waals surface area contributed by atoms with Gasteiger partial charge in [-0.3, -0.25) is 0 Å². The van der Waals surface area contributed by atoms with E-state index in [1.165, 1.54) is 9.75 Å². The summed E-state index contributed by atoms with van der Waals surface area (Å²) in [6.45, 7) is 14.0. The maximum atomic E-state index is 3.80. The Morgan fingerprint density at radius 1 is 1.24 bits per heavy atom. The summed E-state index contributed by atoms with van der Waals surface area (Å²) < 4.78 is 0. The van der Waals surface area contributed by atoms with Crippen LogP contribution in [0, 0.1) is 10.8 Å². The van der Waals surface area contributed by atoms with Gasteiger partial charge < -0.3 is 5.32 Å². The minimum Gasteiger partial charge on any atom is -0.306 e. The first-order valence-corrected chi connectivity index (χ1v) is 7.47. The average Bonchev–Trinajstić information content (AvgIpc) is 2.65. The molecule has 1 heterocycles.